The summed E-state index contributed by atoms with van der Waals surface area (Å²) in [6, 6.07) is 8.04. The lowest BCUT2D eigenvalue weighted by molar-refractivity contribution is 0.133. The number of hydrazone groups is 1. The van der Waals surface area contributed by atoms with Crippen LogP contribution in [0.1, 0.15) is 40.0 Å². The van der Waals surface area contributed by atoms with Crippen LogP contribution in [0, 0.1) is 27.6 Å². The van der Waals surface area contributed by atoms with Gasteiger partial charge >= 0.3 is 0 Å². The molecule has 1 aromatic carbocycles. The summed E-state index contributed by atoms with van der Waals surface area (Å²) in [6.45, 7) is 7.12. The van der Waals surface area contributed by atoms with E-state index in [4.69, 9.17) is 16.4 Å². The first-order chi connectivity index (χ1) is 13.0. The number of rotatable bonds is 5. The zero-order chi connectivity index (χ0) is 20.7. The summed E-state index contributed by atoms with van der Waals surface area (Å²) in [5.74, 6) is -0.459. The second kappa shape index (κ2) is 6.87. The fraction of sp³-hybridized carbons (Fsp3) is 0.526. The van der Waals surface area contributed by atoms with Gasteiger partial charge in [0.05, 0.1) is 10.6 Å². The van der Waals surface area contributed by atoms with Crippen LogP contribution in [0.15, 0.2) is 34.3 Å². The normalized spacial score (nSPS) is 27.2. The number of hydrogen-bond acceptors (Lipinski definition) is 6. The fourth-order valence-corrected chi connectivity index (χ4v) is 6.64. The van der Waals surface area contributed by atoms with Crippen molar-refractivity contribution in [3.63, 3.8) is 0 Å². The Kier molecular flexibility index (Phi) is 4.98. The molecule has 0 radical (unpaired) electrons. The standard InChI is InChI=1S/C19H26N6O2S/c1-18(2)8-14-9-19(3,11-18)12-25(14)28(26,27)15-6-4-5-13(7-15)23-24-16(10-20)17(21)22/h4-7,14,23H,8-9,11-12H2,1-3H3,(H3,21,22)/b24-16+. The van der Waals surface area contributed by atoms with Crippen molar-refractivity contribution in [3.05, 3.63) is 24.3 Å². The molecule has 1 aromatic rings. The number of nitrogens with one attached hydrogen (secondary N) is 2. The minimum atomic E-state index is -3.65. The van der Waals surface area contributed by atoms with Crippen LogP contribution in [0.3, 0.4) is 0 Å². The molecule has 1 aliphatic carbocycles. The van der Waals surface area contributed by atoms with Gasteiger partial charge in [0, 0.05) is 12.6 Å². The summed E-state index contributed by atoms with van der Waals surface area (Å²) in [7, 11) is -3.65. The van der Waals surface area contributed by atoms with Crippen LogP contribution in [0.4, 0.5) is 5.69 Å². The monoisotopic (exact) mass is 402 g/mol. The Morgan fingerprint density at radius 2 is 2.11 bits per heavy atom. The molecule has 2 bridgehead atoms. The molecular weight excluding hydrogens is 376 g/mol. The number of fused-ring (bicyclic) bond motifs is 2. The van der Waals surface area contributed by atoms with Crippen molar-refractivity contribution in [2.24, 2.45) is 21.7 Å². The molecule has 0 spiro atoms. The molecular formula is C19H26N6O2S. The molecule has 28 heavy (non-hydrogen) atoms. The molecule has 0 amide bonds. The first kappa shape index (κ1) is 20.3. The number of nitrogens with two attached hydrogens (primary N) is 1. The summed E-state index contributed by atoms with van der Waals surface area (Å²) >= 11 is 0. The fourth-order valence-electron chi connectivity index (χ4n) is 4.82. The average Bonchev–Trinajstić information content (AvgIpc) is 2.85. The van der Waals surface area contributed by atoms with E-state index in [1.165, 1.54) is 6.07 Å². The van der Waals surface area contributed by atoms with Crippen molar-refractivity contribution < 1.29 is 8.42 Å². The van der Waals surface area contributed by atoms with Crippen LogP contribution >= 0.6 is 0 Å². The lowest BCUT2D eigenvalue weighted by Crippen LogP contribution is -2.37. The largest absolute Gasteiger partial charge is 0.382 e. The molecule has 2 fully saturated rings. The van der Waals surface area contributed by atoms with Gasteiger partial charge < -0.3 is 5.73 Å². The maximum atomic E-state index is 13.3. The summed E-state index contributed by atoms with van der Waals surface area (Å²) in [5.41, 5.74) is 8.14. The molecule has 2 aliphatic rings. The van der Waals surface area contributed by atoms with Crippen LogP contribution in [0.25, 0.3) is 0 Å². The highest BCUT2D eigenvalue weighted by atomic mass is 32.2. The van der Waals surface area contributed by atoms with E-state index in [2.05, 4.69) is 31.3 Å². The molecule has 1 heterocycles. The Morgan fingerprint density at radius 3 is 2.75 bits per heavy atom. The Labute approximate surface area is 166 Å². The maximum Gasteiger partial charge on any atom is 0.243 e. The van der Waals surface area contributed by atoms with Gasteiger partial charge in [-0.05, 0) is 48.3 Å². The van der Waals surface area contributed by atoms with Crippen LogP contribution in [-0.4, -0.2) is 36.9 Å². The zero-order valence-corrected chi connectivity index (χ0v) is 17.2. The molecule has 8 nitrogen and oxygen atoms in total. The molecule has 150 valence electrons. The summed E-state index contributed by atoms with van der Waals surface area (Å²) in [4.78, 5) is 0.183. The quantitative estimate of drug-likeness (QED) is 0.395. The molecule has 1 saturated heterocycles. The summed E-state index contributed by atoms with van der Waals surface area (Å²) < 4.78 is 28.3. The van der Waals surface area contributed by atoms with E-state index >= 15 is 0 Å². The zero-order valence-electron chi connectivity index (χ0n) is 16.4. The predicted molar refractivity (Wildman–Crippen MR) is 108 cm³/mol. The van der Waals surface area contributed by atoms with E-state index < -0.39 is 15.9 Å². The number of hydrogen-bond donors (Lipinski definition) is 3. The van der Waals surface area contributed by atoms with Gasteiger partial charge in [-0.25, -0.2) is 8.42 Å². The Balaban J connectivity index is 1.88. The Morgan fingerprint density at radius 1 is 1.39 bits per heavy atom. The van der Waals surface area contributed by atoms with Crippen LogP contribution in [0.5, 0.6) is 0 Å². The van der Waals surface area contributed by atoms with Gasteiger partial charge in [-0.1, -0.05) is 26.8 Å². The van der Waals surface area contributed by atoms with Gasteiger partial charge in [0.25, 0.3) is 0 Å². The highest BCUT2D eigenvalue weighted by Crippen LogP contribution is 2.53. The van der Waals surface area contributed by atoms with Gasteiger partial charge in [0.2, 0.25) is 15.7 Å². The van der Waals surface area contributed by atoms with E-state index in [0.717, 1.165) is 19.3 Å². The minimum absolute atomic E-state index is 0.00280. The van der Waals surface area contributed by atoms with Gasteiger partial charge in [-0.15, -0.1) is 0 Å². The van der Waals surface area contributed by atoms with E-state index in [9.17, 15) is 8.42 Å². The first-order valence-corrected chi connectivity index (χ1v) is 10.6. The SMILES string of the molecule is CC1(C)CC2CC(C)(CN2S(=O)(=O)c2cccc(N/N=C(\C#N)C(=N)N)c2)C1. The highest BCUT2D eigenvalue weighted by Gasteiger charge is 2.53. The molecule has 0 aromatic heterocycles. The molecule has 4 N–H and O–H groups in total. The van der Waals surface area contributed by atoms with Crippen molar-refractivity contribution in [1.29, 1.82) is 10.7 Å². The van der Waals surface area contributed by atoms with Gasteiger partial charge in [0.1, 0.15) is 6.07 Å². The van der Waals surface area contributed by atoms with E-state index in [-0.39, 0.29) is 27.5 Å². The first-order valence-electron chi connectivity index (χ1n) is 9.16. The number of nitrogens with zero attached hydrogens (tertiary/aromatic N) is 3. The van der Waals surface area contributed by atoms with E-state index in [1.54, 1.807) is 28.6 Å². The Bertz CT molecular complexity index is 978. The maximum absolute atomic E-state index is 13.3. The number of amidine groups is 1. The molecule has 1 saturated carbocycles. The second-order valence-corrected chi connectivity index (χ2v) is 10.8. The van der Waals surface area contributed by atoms with Gasteiger partial charge in [0.15, 0.2) is 5.84 Å². The number of sulfonamides is 1. The number of benzene rings is 1. The molecule has 9 heteroatoms. The van der Waals surface area contributed by atoms with Crippen molar-refractivity contribution >= 4 is 27.3 Å². The summed E-state index contributed by atoms with van der Waals surface area (Å²) in [5, 5.41) is 19.9. The predicted octanol–water partition coefficient (Wildman–Crippen LogP) is 2.50. The van der Waals surface area contributed by atoms with Crippen molar-refractivity contribution in [2.45, 2.75) is 51.0 Å². The van der Waals surface area contributed by atoms with Crippen LogP contribution in [0.2, 0.25) is 0 Å². The number of anilines is 1. The van der Waals surface area contributed by atoms with Crippen LogP contribution in [-0.2, 0) is 10.0 Å². The summed E-state index contributed by atoms with van der Waals surface area (Å²) in [6.07, 6.45) is 2.76. The third-order valence-electron chi connectivity index (χ3n) is 5.47. The lowest BCUT2D eigenvalue weighted by atomic mass is 9.65. The average molecular weight is 403 g/mol. The smallest absolute Gasteiger partial charge is 0.243 e. The minimum Gasteiger partial charge on any atom is -0.382 e. The van der Waals surface area contributed by atoms with Gasteiger partial charge in [-0.2, -0.15) is 14.7 Å². The highest BCUT2D eigenvalue weighted by molar-refractivity contribution is 7.89. The third kappa shape index (κ3) is 3.88. The topological polar surface area (TPSA) is 135 Å². The second-order valence-electron chi connectivity index (χ2n) is 8.89. The van der Waals surface area contributed by atoms with Crippen LogP contribution < -0.4 is 11.2 Å². The third-order valence-corrected chi connectivity index (χ3v) is 7.36. The molecule has 2 unspecified atom stereocenters. The molecule has 2 atom stereocenters. The van der Waals surface area contributed by atoms with Gasteiger partial charge in [-0.3, -0.25) is 10.8 Å². The van der Waals surface area contributed by atoms with E-state index in [0.29, 0.717) is 12.2 Å². The molecule has 3 rings (SSSR count). The van der Waals surface area contributed by atoms with Crippen molar-refractivity contribution in [3.8, 4) is 6.07 Å². The van der Waals surface area contributed by atoms with Crippen molar-refractivity contribution in [1.82, 2.24) is 4.31 Å². The van der Waals surface area contributed by atoms with Crippen molar-refractivity contribution in [2.75, 3.05) is 12.0 Å². The van der Waals surface area contributed by atoms with E-state index in [1.807, 2.05) is 0 Å². The lowest BCUT2D eigenvalue weighted by Gasteiger charge is -2.39. The number of nitriles is 1. The Hall–Kier alpha value is -2.44. The molecule has 1 aliphatic heterocycles.